The third-order valence-corrected chi connectivity index (χ3v) is 4.10. The highest BCUT2D eigenvalue weighted by Crippen LogP contribution is 2.27. The minimum atomic E-state index is 0.0144. The molecule has 2 fully saturated rings. The van der Waals surface area contributed by atoms with Gasteiger partial charge in [-0.05, 0) is 37.9 Å². The van der Waals surface area contributed by atoms with Crippen LogP contribution in [0.3, 0.4) is 0 Å². The zero-order valence-electron chi connectivity index (χ0n) is 10.5. The largest absolute Gasteiger partial charge is 0.348 e. The van der Waals surface area contributed by atoms with Crippen molar-refractivity contribution >= 4 is 5.91 Å². The predicted molar refractivity (Wildman–Crippen MR) is 69.3 cm³/mol. The summed E-state index contributed by atoms with van der Waals surface area (Å²) >= 11 is 0. The number of rotatable bonds is 2. The second-order valence-electron chi connectivity index (χ2n) is 5.21. The summed E-state index contributed by atoms with van der Waals surface area (Å²) in [6.07, 6.45) is 8.22. The average Bonchev–Trinajstić information content (AvgIpc) is 2.83. The van der Waals surface area contributed by atoms with Crippen LogP contribution in [0.2, 0.25) is 0 Å². The lowest BCUT2D eigenvalue weighted by Gasteiger charge is -2.32. The summed E-state index contributed by atoms with van der Waals surface area (Å²) in [6.45, 7) is 2.33. The van der Waals surface area contributed by atoms with Crippen LogP contribution in [0.1, 0.15) is 36.0 Å². The number of carbonyl (C=O) groups is 1. The lowest BCUT2D eigenvalue weighted by atomic mass is 9.99. The minimum Gasteiger partial charge on any atom is -0.348 e. The molecule has 2 saturated heterocycles. The van der Waals surface area contributed by atoms with Crippen molar-refractivity contribution in [1.82, 2.24) is 15.2 Å². The van der Waals surface area contributed by atoms with Gasteiger partial charge in [0.15, 0.2) is 0 Å². The van der Waals surface area contributed by atoms with Gasteiger partial charge in [-0.15, -0.1) is 0 Å². The Morgan fingerprint density at radius 1 is 1.33 bits per heavy atom. The summed E-state index contributed by atoms with van der Waals surface area (Å²) in [5.74, 6) is 0.0144. The van der Waals surface area contributed by atoms with Gasteiger partial charge in [-0.3, -0.25) is 14.7 Å². The van der Waals surface area contributed by atoms with Gasteiger partial charge < -0.3 is 5.32 Å². The van der Waals surface area contributed by atoms with Gasteiger partial charge in [0, 0.05) is 31.0 Å². The molecule has 2 aliphatic heterocycles. The Hall–Kier alpha value is -1.42. The summed E-state index contributed by atoms with van der Waals surface area (Å²) < 4.78 is 0. The van der Waals surface area contributed by atoms with Crippen molar-refractivity contribution in [2.75, 3.05) is 13.1 Å². The lowest BCUT2D eigenvalue weighted by molar-refractivity contribution is 0.0915. The molecule has 18 heavy (non-hydrogen) atoms. The number of fused-ring (bicyclic) bond motifs is 1. The Morgan fingerprint density at radius 3 is 3.11 bits per heavy atom. The summed E-state index contributed by atoms with van der Waals surface area (Å²) in [5.41, 5.74) is 0.659. The van der Waals surface area contributed by atoms with Crippen LogP contribution in [-0.4, -0.2) is 41.0 Å². The van der Waals surface area contributed by atoms with Gasteiger partial charge in [0.05, 0.1) is 5.56 Å². The van der Waals surface area contributed by atoms with Gasteiger partial charge >= 0.3 is 0 Å². The Bertz CT molecular complexity index is 420. The van der Waals surface area contributed by atoms with E-state index >= 15 is 0 Å². The molecule has 96 valence electrons. The van der Waals surface area contributed by atoms with Gasteiger partial charge in [-0.25, -0.2) is 0 Å². The molecule has 3 rings (SSSR count). The molecule has 2 aliphatic rings. The maximum atomic E-state index is 12.1. The highest BCUT2D eigenvalue weighted by Gasteiger charge is 2.36. The molecule has 1 N–H and O–H groups in total. The maximum absolute atomic E-state index is 12.1. The molecule has 2 atom stereocenters. The fourth-order valence-electron chi connectivity index (χ4n) is 3.16. The number of pyridine rings is 1. The van der Waals surface area contributed by atoms with Crippen LogP contribution in [-0.2, 0) is 0 Å². The van der Waals surface area contributed by atoms with E-state index in [-0.39, 0.29) is 5.91 Å². The van der Waals surface area contributed by atoms with Crippen LogP contribution in [0.25, 0.3) is 0 Å². The van der Waals surface area contributed by atoms with E-state index in [1.165, 1.54) is 25.8 Å². The third kappa shape index (κ3) is 2.25. The van der Waals surface area contributed by atoms with Crippen LogP contribution in [0.4, 0.5) is 0 Å². The van der Waals surface area contributed by atoms with Gasteiger partial charge in [-0.1, -0.05) is 6.42 Å². The summed E-state index contributed by atoms with van der Waals surface area (Å²) in [4.78, 5) is 18.6. The van der Waals surface area contributed by atoms with Crippen LogP contribution >= 0.6 is 0 Å². The van der Waals surface area contributed by atoms with E-state index < -0.39 is 0 Å². The highest BCUT2D eigenvalue weighted by atomic mass is 16.1. The first kappa shape index (κ1) is 11.7. The molecule has 0 aromatic carbocycles. The van der Waals surface area contributed by atoms with Crippen LogP contribution < -0.4 is 5.32 Å². The molecule has 1 aromatic heterocycles. The fourth-order valence-corrected chi connectivity index (χ4v) is 3.16. The van der Waals surface area contributed by atoms with Crippen molar-refractivity contribution in [2.45, 2.75) is 37.8 Å². The number of amides is 1. The number of nitrogens with zero attached hydrogens (tertiary/aromatic N) is 2. The Morgan fingerprint density at radius 2 is 2.28 bits per heavy atom. The molecule has 0 saturated carbocycles. The normalized spacial score (nSPS) is 27.8. The first-order valence-electron chi connectivity index (χ1n) is 6.79. The second kappa shape index (κ2) is 5.06. The van der Waals surface area contributed by atoms with Gasteiger partial charge in [0.25, 0.3) is 5.91 Å². The number of hydrogen-bond acceptors (Lipinski definition) is 3. The number of aromatic nitrogens is 1. The van der Waals surface area contributed by atoms with E-state index in [0.29, 0.717) is 17.6 Å². The third-order valence-electron chi connectivity index (χ3n) is 4.10. The van der Waals surface area contributed by atoms with E-state index in [9.17, 15) is 4.79 Å². The van der Waals surface area contributed by atoms with Crippen molar-refractivity contribution in [1.29, 1.82) is 0 Å². The minimum absolute atomic E-state index is 0.0144. The monoisotopic (exact) mass is 245 g/mol. The lowest BCUT2D eigenvalue weighted by Crippen LogP contribution is -2.46. The highest BCUT2D eigenvalue weighted by molar-refractivity contribution is 5.94. The smallest absolute Gasteiger partial charge is 0.253 e. The quantitative estimate of drug-likeness (QED) is 0.857. The standard InChI is InChI=1S/C14H19N3O/c18-14(11-4-3-7-15-10-11)16-12-6-9-17-8-2-1-5-13(12)17/h3-4,7,10,12-13H,1-2,5-6,8-9H2,(H,16,18)/t12-,13+/m0/s1. The van der Waals surface area contributed by atoms with E-state index in [1.54, 1.807) is 18.5 Å². The van der Waals surface area contributed by atoms with Gasteiger partial charge in [0.1, 0.15) is 0 Å². The number of hydrogen-bond donors (Lipinski definition) is 1. The molecule has 0 unspecified atom stereocenters. The molecule has 0 radical (unpaired) electrons. The van der Waals surface area contributed by atoms with Gasteiger partial charge in [-0.2, -0.15) is 0 Å². The zero-order valence-corrected chi connectivity index (χ0v) is 10.5. The van der Waals surface area contributed by atoms with Crippen molar-refractivity contribution in [3.63, 3.8) is 0 Å². The second-order valence-corrected chi connectivity index (χ2v) is 5.21. The summed E-state index contributed by atoms with van der Waals surface area (Å²) in [5, 5.41) is 3.17. The molecule has 1 amide bonds. The van der Waals surface area contributed by atoms with Crippen molar-refractivity contribution in [2.24, 2.45) is 0 Å². The number of piperidine rings is 1. The van der Waals surface area contributed by atoms with E-state index in [0.717, 1.165) is 13.0 Å². The molecule has 0 spiro atoms. The van der Waals surface area contributed by atoms with E-state index in [1.807, 2.05) is 6.07 Å². The summed E-state index contributed by atoms with van der Waals surface area (Å²) in [7, 11) is 0. The van der Waals surface area contributed by atoms with Crippen LogP contribution in [0, 0.1) is 0 Å². The Balaban J connectivity index is 1.65. The summed E-state index contributed by atoms with van der Waals surface area (Å²) in [6, 6.07) is 4.49. The first-order chi connectivity index (χ1) is 8.84. The molecule has 0 bridgehead atoms. The average molecular weight is 245 g/mol. The number of carbonyl (C=O) groups excluding carboxylic acids is 1. The molecular formula is C14H19N3O. The Kier molecular flexibility index (Phi) is 3.28. The van der Waals surface area contributed by atoms with Crippen molar-refractivity contribution in [3.8, 4) is 0 Å². The van der Waals surface area contributed by atoms with Crippen LogP contribution in [0.15, 0.2) is 24.5 Å². The molecule has 1 aromatic rings. The fraction of sp³-hybridized carbons (Fsp3) is 0.571. The predicted octanol–water partition coefficient (Wildman–Crippen LogP) is 1.44. The molecule has 4 nitrogen and oxygen atoms in total. The SMILES string of the molecule is O=C(N[C@H]1CCN2CCCC[C@H]12)c1cccnc1. The van der Waals surface area contributed by atoms with Crippen molar-refractivity contribution < 1.29 is 4.79 Å². The molecule has 0 aliphatic carbocycles. The van der Waals surface area contributed by atoms with E-state index in [2.05, 4.69) is 15.2 Å². The first-order valence-corrected chi connectivity index (χ1v) is 6.79. The maximum Gasteiger partial charge on any atom is 0.253 e. The Labute approximate surface area is 107 Å². The van der Waals surface area contributed by atoms with Crippen molar-refractivity contribution in [3.05, 3.63) is 30.1 Å². The molecule has 4 heteroatoms. The van der Waals surface area contributed by atoms with Crippen LogP contribution in [0.5, 0.6) is 0 Å². The topological polar surface area (TPSA) is 45.2 Å². The zero-order chi connectivity index (χ0) is 12.4. The number of nitrogens with one attached hydrogen (secondary N) is 1. The molecule has 3 heterocycles. The van der Waals surface area contributed by atoms with Gasteiger partial charge in [0.2, 0.25) is 0 Å². The van der Waals surface area contributed by atoms with E-state index in [4.69, 9.17) is 0 Å². The molecular weight excluding hydrogens is 226 g/mol.